The lowest BCUT2D eigenvalue weighted by molar-refractivity contribution is -0.132. The molecule has 2 nitrogen and oxygen atoms in total. The predicted molar refractivity (Wildman–Crippen MR) is 74.3 cm³/mol. The summed E-state index contributed by atoms with van der Waals surface area (Å²) in [5.41, 5.74) is 2.62. The number of nitrogens with zero attached hydrogens (tertiary/aromatic N) is 1. The van der Waals surface area contributed by atoms with Crippen molar-refractivity contribution in [2.75, 3.05) is 6.54 Å². The highest BCUT2D eigenvalue weighted by Gasteiger charge is 2.30. The lowest BCUT2D eigenvalue weighted by Gasteiger charge is -2.27. The van der Waals surface area contributed by atoms with Gasteiger partial charge in [0.2, 0.25) is 5.91 Å². The van der Waals surface area contributed by atoms with E-state index in [1.54, 1.807) is 0 Å². The van der Waals surface area contributed by atoms with Crippen molar-refractivity contribution in [3.63, 3.8) is 0 Å². The second kappa shape index (κ2) is 5.55. The molecule has 2 rings (SSSR count). The van der Waals surface area contributed by atoms with Crippen molar-refractivity contribution >= 4 is 5.91 Å². The van der Waals surface area contributed by atoms with E-state index in [1.807, 2.05) is 0 Å². The van der Waals surface area contributed by atoms with E-state index in [1.165, 1.54) is 11.1 Å². The summed E-state index contributed by atoms with van der Waals surface area (Å²) < 4.78 is 0. The van der Waals surface area contributed by atoms with Gasteiger partial charge in [-0.2, -0.15) is 0 Å². The molecule has 98 valence electrons. The van der Waals surface area contributed by atoms with Crippen molar-refractivity contribution in [1.82, 2.24) is 4.90 Å². The van der Waals surface area contributed by atoms with Gasteiger partial charge in [-0.15, -0.1) is 0 Å². The van der Waals surface area contributed by atoms with Crippen LogP contribution in [0.5, 0.6) is 0 Å². The summed E-state index contributed by atoms with van der Waals surface area (Å²) in [5, 5.41) is 0. The van der Waals surface area contributed by atoms with Gasteiger partial charge < -0.3 is 4.90 Å². The van der Waals surface area contributed by atoms with Gasteiger partial charge in [-0.05, 0) is 36.8 Å². The molecule has 0 bridgehead atoms. The summed E-state index contributed by atoms with van der Waals surface area (Å²) in [6, 6.07) is 8.75. The van der Waals surface area contributed by atoms with Gasteiger partial charge >= 0.3 is 0 Å². The molecule has 0 unspecified atom stereocenters. The van der Waals surface area contributed by atoms with Crippen LogP contribution < -0.4 is 0 Å². The Morgan fingerprint density at radius 3 is 2.78 bits per heavy atom. The van der Waals surface area contributed by atoms with E-state index >= 15 is 0 Å². The van der Waals surface area contributed by atoms with Crippen LogP contribution in [-0.2, 0) is 4.79 Å². The maximum atomic E-state index is 12.3. The fraction of sp³-hybridized carbons (Fsp3) is 0.562. The zero-order valence-corrected chi connectivity index (χ0v) is 11.6. The van der Waals surface area contributed by atoms with Crippen LogP contribution in [0, 0.1) is 12.8 Å². The first-order valence-electron chi connectivity index (χ1n) is 6.94. The van der Waals surface area contributed by atoms with Crippen molar-refractivity contribution < 1.29 is 4.79 Å². The minimum absolute atomic E-state index is 0.303. The first kappa shape index (κ1) is 13.1. The number of rotatable bonds is 3. The number of carbonyl (C=O) groups is 1. The molecule has 1 aromatic carbocycles. The number of carbonyl (C=O) groups excluding carboxylic acids is 1. The molecular weight excluding hydrogens is 222 g/mol. The molecule has 0 N–H and O–H groups in total. The van der Waals surface area contributed by atoms with Crippen LogP contribution >= 0.6 is 0 Å². The first-order chi connectivity index (χ1) is 8.59. The second-order valence-corrected chi connectivity index (χ2v) is 5.70. The summed E-state index contributed by atoms with van der Waals surface area (Å²) in [5.74, 6) is 0.756. The maximum Gasteiger partial charge on any atom is 0.223 e. The average molecular weight is 245 g/mol. The van der Waals surface area contributed by atoms with Gasteiger partial charge in [-0.25, -0.2) is 0 Å². The number of hydrogen-bond acceptors (Lipinski definition) is 1. The minimum Gasteiger partial charge on any atom is -0.336 e. The highest BCUT2D eigenvalue weighted by molar-refractivity contribution is 5.77. The lowest BCUT2D eigenvalue weighted by Crippen LogP contribution is -2.31. The van der Waals surface area contributed by atoms with E-state index in [-0.39, 0.29) is 0 Å². The number of hydrogen-bond donors (Lipinski definition) is 0. The van der Waals surface area contributed by atoms with Gasteiger partial charge in [-0.3, -0.25) is 4.79 Å². The Labute approximate surface area is 110 Å². The SMILES string of the molecule is Cc1ccccc1[C@@H]1CCCN1C(=O)CC(C)C. The van der Waals surface area contributed by atoms with E-state index < -0.39 is 0 Å². The predicted octanol–water partition coefficient (Wildman–Crippen LogP) is 3.70. The monoisotopic (exact) mass is 245 g/mol. The highest BCUT2D eigenvalue weighted by atomic mass is 16.2. The molecule has 18 heavy (non-hydrogen) atoms. The van der Waals surface area contributed by atoms with E-state index in [4.69, 9.17) is 0 Å². The first-order valence-corrected chi connectivity index (χ1v) is 6.94. The van der Waals surface area contributed by atoms with Gasteiger partial charge in [0, 0.05) is 13.0 Å². The van der Waals surface area contributed by atoms with Crippen molar-refractivity contribution in [2.45, 2.75) is 46.1 Å². The summed E-state index contributed by atoms with van der Waals surface area (Å²) >= 11 is 0. The van der Waals surface area contributed by atoms with E-state index in [0.717, 1.165) is 19.4 Å². The molecule has 1 fully saturated rings. The van der Waals surface area contributed by atoms with Crippen molar-refractivity contribution in [2.24, 2.45) is 5.92 Å². The van der Waals surface area contributed by atoms with Crippen LogP contribution in [0.2, 0.25) is 0 Å². The summed E-state index contributed by atoms with van der Waals surface area (Å²) in [6.07, 6.45) is 2.90. The van der Waals surface area contributed by atoms with Crippen LogP contribution in [-0.4, -0.2) is 17.4 Å². The highest BCUT2D eigenvalue weighted by Crippen LogP contribution is 2.34. The molecule has 1 atom stereocenters. The molecule has 0 spiro atoms. The van der Waals surface area contributed by atoms with E-state index in [2.05, 4.69) is 49.9 Å². The lowest BCUT2D eigenvalue weighted by atomic mass is 9.99. The Morgan fingerprint density at radius 2 is 2.11 bits per heavy atom. The molecule has 0 radical (unpaired) electrons. The quantitative estimate of drug-likeness (QED) is 0.795. The fourth-order valence-electron chi connectivity index (χ4n) is 2.82. The zero-order valence-electron chi connectivity index (χ0n) is 11.6. The van der Waals surface area contributed by atoms with Gasteiger partial charge in [0.05, 0.1) is 6.04 Å². The molecule has 2 heteroatoms. The average Bonchev–Trinajstić information content (AvgIpc) is 2.77. The molecule has 0 aromatic heterocycles. The Kier molecular flexibility index (Phi) is 4.05. The third-order valence-corrected chi connectivity index (χ3v) is 3.70. The smallest absolute Gasteiger partial charge is 0.223 e. The Morgan fingerprint density at radius 1 is 1.39 bits per heavy atom. The number of likely N-dealkylation sites (tertiary alicyclic amines) is 1. The third-order valence-electron chi connectivity index (χ3n) is 3.70. The van der Waals surface area contributed by atoms with Crippen molar-refractivity contribution in [3.05, 3.63) is 35.4 Å². The molecule has 1 aromatic rings. The molecule has 1 amide bonds. The molecule has 1 heterocycles. The minimum atomic E-state index is 0.303. The normalized spacial score (nSPS) is 19.6. The van der Waals surface area contributed by atoms with Gasteiger partial charge in [0.25, 0.3) is 0 Å². The van der Waals surface area contributed by atoms with Crippen molar-refractivity contribution in [3.8, 4) is 0 Å². The number of aryl methyl sites for hydroxylation is 1. The van der Waals surface area contributed by atoms with E-state index in [0.29, 0.717) is 24.3 Å². The molecule has 1 aliphatic heterocycles. The fourth-order valence-corrected chi connectivity index (χ4v) is 2.82. The van der Waals surface area contributed by atoms with E-state index in [9.17, 15) is 4.79 Å². The number of amides is 1. The summed E-state index contributed by atoms with van der Waals surface area (Å²) in [6.45, 7) is 7.27. The topological polar surface area (TPSA) is 20.3 Å². The Bertz CT molecular complexity index is 425. The molecule has 0 aliphatic carbocycles. The molecular formula is C16H23NO. The standard InChI is InChI=1S/C16H23NO/c1-12(2)11-16(18)17-10-6-9-15(17)14-8-5-4-7-13(14)3/h4-5,7-8,12,15H,6,9-11H2,1-3H3/t15-/m0/s1. The molecule has 1 aliphatic rings. The van der Waals surface area contributed by atoms with Crippen LogP contribution in [0.3, 0.4) is 0 Å². The summed E-state index contributed by atoms with van der Waals surface area (Å²) in [7, 11) is 0. The van der Waals surface area contributed by atoms with Gasteiger partial charge in [-0.1, -0.05) is 38.1 Å². The second-order valence-electron chi connectivity index (χ2n) is 5.70. The number of benzene rings is 1. The van der Waals surface area contributed by atoms with Crippen LogP contribution in [0.15, 0.2) is 24.3 Å². The molecule has 1 saturated heterocycles. The van der Waals surface area contributed by atoms with Gasteiger partial charge in [0.1, 0.15) is 0 Å². The van der Waals surface area contributed by atoms with Gasteiger partial charge in [0.15, 0.2) is 0 Å². The summed E-state index contributed by atoms with van der Waals surface area (Å²) in [4.78, 5) is 14.4. The van der Waals surface area contributed by atoms with Crippen LogP contribution in [0.25, 0.3) is 0 Å². The largest absolute Gasteiger partial charge is 0.336 e. The Hall–Kier alpha value is -1.31. The third kappa shape index (κ3) is 2.74. The zero-order chi connectivity index (χ0) is 13.1. The maximum absolute atomic E-state index is 12.3. The van der Waals surface area contributed by atoms with Crippen molar-refractivity contribution in [1.29, 1.82) is 0 Å². The van der Waals surface area contributed by atoms with Crippen LogP contribution in [0.1, 0.15) is 50.3 Å². The molecule has 0 saturated carbocycles. The Balaban J connectivity index is 2.18. The van der Waals surface area contributed by atoms with Crippen LogP contribution in [0.4, 0.5) is 0 Å².